The van der Waals surface area contributed by atoms with Gasteiger partial charge < -0.3 is 10.4 Å². The van der Waals surface area contributed by atoms with Gasteiger partial charge in [0.25, 0.3) is 0 Å². The molecule has 0 saturated heterocycles. The predicted octanol–water partition coefficient (Wildman–Crippen LogP) is 2.00. The second kappa shape index (κ2) is 5.95. The predicted molar refractivity (Wildman–Crippen MR) is 74.2 cm³/mol. The Morgan fingerprint density at radius 2 is 2.24 bits per heavy atom. The van der Waals surface area contributed by atoms with Crippen LogP contribution in [0.3, 0.4) is 0 Å². The van der Waals surface area contributed by atoms with E-state index in [1.54, 1.807) is 18.5 Å². The molecule has 0 aliphatic heterocycles. The molecule has 0 aromatic carbocycles. The normalized spacial score (nSPS) is 10.1. The third-order valence-electron chi connectivity index (χ3n) is 2.89. The number of nitrogens with one attached hydrogen (secondary N) is 1. The first-order valence-corrected chi connectivity index (χ1v) is 6.00. The van der Waals surface area contributed by atoms with Gasteiger partial charge >= 0.3 is 11.7 Å². The van der Waals surface area contributed by atoms with E-state index in [0.29, 0.717) is 6.54 Å². The van der Waals surface area contributed by atoms with E-state index in [9.17, 15) is 14.9 Å². The number of aromatic nitrogens is 2. The maximum absolute atomic E-state index is 11.0. The molecule has 8 heteroatoms. The number of nitrogens with zero attached hydrogens (tertiary/aromatic N) is 3. The number of hydrogen-bond acceptors (Lipinski definition) is 6. The van der Waals surface area contributed by atoms with Crippen LogP contribution >= 0.6 is 0 Å². The Morgan fingerprint density at radius 3 is 2.86 bits per heavy atom. The van der Waals surface area contributed by atoms with Gasteiger partial charge in [-0.05, 0) is 24.1 Å². The lowest BCUT2D eigenvalue weighted by Gasteiger charge is -2.08. The van der Waals surface area contributed by atoms with E-state index in [4.69, 9.17) is 5.11 Å². The second-order valence-electron chi connectivity index (χ2n) is 4.31. The average molecular weight is 288 g/mol. The van der Waals surface area contributed by atoms with Crippen LogP contribution in [0.15, 0.2) is 30.7 Å². The summed E-state index contributed by atoms with van der Waals surface area (Å²) in [5, 5.41) is 22.7. The van der Waals surface area contributed by atoms with Crippen LogP contribution in [0.5, 0.6) is 0 Å². The lowest BCUT2D eigenvalue weighted by Crippen LogP contribution is -2.08. The summed E-state index contributed by atoms with van der Waals surface area (Å²) in [6.45, 7) is 2.20. The molecule has 0 radical (unpaired) electrons. The molecule has 8 nitrogen and oxygen atoms in total. The number of hydrogen-bond donors (Lipinski definition) is 2. The summed E-state index contributed by atoms with van der Waals surface area (Å²) in [4.78, 5) is 28.9. The molecule has 0 saturated carbocycles. The Hall–Kier alpha value is -3.03. The fraction of sp³-hybridized carbons (Fsp3) is 0.154. The molecule has 0 aliphatic carbocycles. The van der Waals surface area contributed by atoms with Crippen molar-refractivity contribution >= 4 is 17.5 Å². The van der Waals surface area contributed by atoms with Crippen LogP contribution in [0.1, 0.15) is 21.5 Å². The molecule has 0 spiro atoms. The SMILES string of the molecule is Cc1cnccc1CNc1ncc(C(=O)O)cc1[N+](=O)[O-]. The van der Waals surface area contributed by atoms with Crippen LogP contribution in [0.25, 0.3) is 0 Å². The monoisotopic (exact) mass is 288 g/mol. The summed E-state index contributed by atoms with van der Waals surface area (Å²) in [5.41, 5.74) is 1.26. The first kappa shape index (κ1) is 14.4. The van der Waals surface area contributed by atoms with Gasteiger partial charge in [-0.2, -0.15) is 0 Å². The van der Waals surface area contributed by atoms with Gasteiger partial charge in [-0.15, -0.1) is 0 Å². The van der Waals surface area contributed by atoms with Crippen LogP contribution in [-0.4, -0.2) is 26.0 Å². The second-order valence-corrected chi connectivity index (χ2v) is 4.31. The molecule has 108 valence electrons. The zero-order valence-corrected chi connectivity index (χ0v) is 11.1. The van der Waals surface area contributed by atoms with Gasteiger partial charge in [-0.3, -0.25) is 15.1 Å². The maximum atomic E-state index is 11.0. The van der Waals surface area contributed by atoms with Crippen LogP contribution in [0, 0.1) is 17.0 Å². The molecule has 2 heterocycles. The van der Waals surface area contributed by atoms with E-state index < -0.39 is 10.9 Å². The third kappa shape index (κ3) is 3.30. The Balaban J connectivity index is 2.26. The lowest BCUT2D eigenvalue weighted by atomic mass is 10.1. The Labute approximate surface area is 119 Å². The highest BCUT2D eigenvalue weighted by molar-refractivity contribution is 5.88. The quantitative estimate of drug-likeness (QED) is 0.638. The van der Waals surface area contributed by atoms with Crippen molar-refractivity contribution in [1.29, 1.82) is 0 Å². The Morgan fingerprint density at radius 1 is 1.48 bits per heavy atom. The minimum atomic E-state index is -1.26. The van der Waals surface area contributed by atoms with Gasteiger partial charge in [0.05, 0.1) is 10.5 Å². The Kier molecular flexibility index (Phi) is 4.07. The number of carboxylic acid groups (broad SMARTS) is 1. The topological polar surface area (TPSA) is 118 Å². The highest BCUT2D eigenvalue weighted by atomic mass is 16.6. The first-order valence-electron chi connectivity index (χ1n) is 6.00. The summed E-state index contributed by atoms with van der Waals surface area (Å²) in [6.07, 6.45) is 4.39. The molecule has 0 aliphatic rings. The molecule has 2 aromatic rings. The smallest absolute Gasteiger partial charge is 0.337 e. The minimum absolute atomic E-state index is 0.0289. The number of pyridine rings is 2. The number of nitro groups is 1. The molecule has 0 bridgehead atoms. The molecule has 0 amide bonds. The van der Waals surface area contributed by atoms with Crippen molar-refractivity contribution in [2.24, 2.45) is 0 Å². The van der Waals surface area contributed by atoms with Gasteiger partial charge in [0.2, 0.25) is 5.82 Å². The molecule has 2 N–H and O–H groups in total. The van der Waals surface area contributed by atoms with Crippen LogP contribution in [-0.2, 0) is 6.54 Å². The van der Waals surface area contributed by atoms with Crippen molar-refractivity contribution in [1.82, 2.24) is 9.97 Å². The van der Waals surface area contributed by atoms with Crippen molar-refractivity contribution in [3.05, 3.63) is 57.5 Å². The van der Waals surface area contributed by atoms with E-state index in [0.717, 1.165) is 23.4 Å². The van der Waals surface area contributed by atoms with Gasteiger partial charge in [-0.1, -0.05) is 0 Å². The maximum Gasteiger partial charge on any atom is 0.337 e. The lowest BCUT2D eigenvalue weighted by molar-refractivity contribution is -0.384. The summed E-state index contributed by atoms with van der Waals surface area (Å²) in [5.74, 6) is -1.23. The fourth-order valence-electron chi connectivity index (χ4n) is 1.72. The number of carbonyl (C=O) groups is 1. The number of rotatable bonds is 5. The molecular weight excluding hydrogens is 276 g/mol. The van der Waals surface area contributed by atoms with Crippen molar-refractivity contribution in [3.8, 4) is 0 Å². The minimum Gasteiger partial charge on any atom is -0.478 e. The van der Waals surface area contributed by atoms with Gasteiger partial charge in [0.1, 0.15) is 0 Å². The highest BCUT2D eigenvalue weighted by Crippen LogP contribution is 2.23. The fourth-order valence-corrected chi connectivity index (χ4v) is 1.72. The van der Waals surface area contributed by atoms with Gasteiger partial charge in [0, 0.05) is 31.2 Å². The summed E-state index contributed by atoms with van der Waals surface area (Å²) >= 11 is 0. The van der Waals surface area contributed by atoms with Gasteiger partial charge in [0.15, 0.2) is 0 Å². The van der Waals surface area contributed by atoms with Gasteiger partial charge in [-0.25, -0.2) is 9.78 Å². The molecule has 2 aromatic heterocycles. The van der Waals surface area contributed by atoms with E-state index >= 15 is 0 Å². The third-order valence-corrected chi connectivity index (χ3v) is 2.89. The van der Waals surface area contributed by atoms with E-state index in [1.807, 2.05) is 6.92 Å². The van der Waals surface area contributed by atoms with Crippen LogP contribution in [0.2, 0.25) is 0 Å². The average Bonchev–Trinajstić information content (AvgIpc) is 2.46. The first-order chi connectivity index (χ1) is 9.99. The Bertz CT molecular complexity index is 702. The number of anilines is 1. The zero-order chi connectivity index (χ0) is 15.4. The molecule has 21 heavy (non-hydrogen) atoms. The molecular formula is C13H12N4O4. The molecule has 0 unspecified atom stereocenters. The summed E-state index contributed by atoms with van der Waals surface area (Å²) < 4.78 is 0. The highest BCUT2D eigenvalue weighted by Gasteiger charge is 2.18. The van der Waals surface area contributed by atoms with E-state index in [1.165, 1.54) is 0 Å². The molecule has 0 fully saturated rings. The van der Waals surface area contributed by atoms with Crippen molar-refractivity contribution < 1.29 is 14.8 Å². The largest absolute Gasteiger partial charge is 0.478 e. The summed E-state index contributed by atoms with van der Waals surface area (Å²) in [7, 11) is 0. The van der Waals surface area contributed by atoms with E-state index in [-0.39, 0.29) is 17.1 Å². The number of carboxylic acids is 1. The number of aromatic carboxylic acids is 1. The summed E-state index contributed by atoms with van der Waals surface area (Å²) in [6, 6.07) is 2.77. The molecule has 2 rings (SSSR count). The number of aryl methyl sites for hydroxylation is 1. The van der Waals surface area contributed by atoms with Crippen LogP contribution < -0.4 is 5.32 Å². The zero-order valence-electron chi connectivity index (χ0n) is 11.1. The standard InChI is InChI=1S/C13H12N4O4/c1-8-5-14-3-2-9(8)6-15-12-11(17(20)21)4-10(7-16-12)13(18)19/h2-5,7H,6H2,1H3,(H,15,16)(H,18,19). The van der Waals surface area contributed by atoms with Crippen LogP contribution in [0.4, 0.5) is 11.5 Å². The van der Waals surface area contributed by atoms with Crippen molar-refractivity contribution in [2.75, 3.05) is 5.32 Å². The van der Waals surface area contributed by atoms with Crippen molar-refractivity contribution in [2.45, 2.75) is 13.5 Å². The van der Waals surface area contributed by atoms with E-state index in [2.05, 4.69) is 15.3 Å². The van der Waals surface area contributed by atoms with Crippen molar-refractivity contribution in [3.63, 3.8) is 0 Å². The molecule has 0 atom stereocenters.